The van der Waals surface area contributed by atoms with Crippen LogP contribution in [0.25, 0.3) is 0 Å². The molecule has 1 N–H and O–H groups in total. The molecule has 1 amide bonds. The summed E-state index contributed by atoms with van der Waals surface area (Å²) >= 11 is 0. The van der Waals surface area contributed by atoms with E-state index < -0.39 is 0 Å². The lowest BCUT2D eigenvalue weighted by molar-refractivity contribution is -0.137. The zero-order chi connectivity index (χ0) is 26.5. The Morgan fingerprint density at radius 1 is 1.11 bits per heavy atom. The van der Waals surface area contributed by atoms with E-state index in [0.29, 0.717) is 18.1 Å². The summed E-state index contributed by atoms with van der Waals surface area (Å²) in [7, 11) is 3.84. The summed E-state index contributed by atoms with van der Waals surface area (Å²) < 4.78 is 6.19. The number of carbonyl (C=O) groups is 1. The number of methoxy groups -OCH3 is 1. The lowest BCUT2D eigenvalue weighted by Crippen LogP contribution is -2.61. The number of rotatable bonds is 11. The summed E-state index contributed by atoms with van der Waals surface area (Å²) in [4.78, 5) is 18.0. The van der Waals surface area contributed by atoms with E-state index in [-0.39, 0.29) is 23.5 Å². The number of phenolic OH excluding ortho intramolecular Hbond substituents is 1. The van der Waals surface area contributed by atoms with Gasteiger partial charge in [-0.3, -0.25) is 4.79 Å². The van der Waals surface area contributed by atoms with Crippen LogP contribution in [0.5, 0.6) is 5.75 Å². The van der Waals surface area contributed by atoms with Gasteiger partial charge in [0.15, 0.2) is 0 Å². The molecule has 1 aliphatic heterocycles. The third-order valence-corrected chi connectivity index (χ3v) is 9.67. The Morgan fingerprint density at radius 3 is 2.66 bits per heavy atom. The molecule has 1 heterocycles. The highest BCUT2D eigenvalue weighted by Crippen LogP contribution is 2.51. The fraction of sp³-hybridized carbons (Fsp3) is 0.606. The van der Waals surface area contributed by atoms with E-state index in [2.05, 4.69) is 41.3 Å². The van der Waals surface area contributed by atoms with Gasteiger partial charge in [0.05, 0.1) is 6.10 Å². The molecule has 0 radical (unpaired) electrons. The number of fused-ring (bicyclic) bond motifs is 1. The summed E-state index contributed by atoms with van der Waals surface area (Å²) in [5, 5.41) is 10.4. The highest BCUT2D eigenvalue weighted by atomic mass is 16.5. The Morgan fingerprint density at radius 2 is 1.92 bits per heavy atom. The molecule has 2 saturated carbocycles. The van der Waals surface area contributed by atoms with Crippen molar-refractivity contribution in [3.8, 4) is 5.75 Å². The minimum Gasteiger partial charge on any atom is -0.508 e. The van der Waals surface area contributed by atoms with Gasteiger partial charge in [-0.2, -0.15) is 0 Å². The van der Waals surface area contributed by atoms with Gasteiger partial charge in [0, 0.05) is 51.0 Å². The maximum atomic E-state index is 13.3. The molecule has 0 bridgehead atoms. The van der Waals surface area contributed by atoms with Crippen molar-refractivity contribution in [1.82, 2.24) is 9.80 Å². The first-order valence-electron chi connectivity index (χ1n) is 14.8. The zero-order valence-electron chi connectivity index (χ0n) is 23.4. The molecule has 2 aromatic rings. The minimum absolute atomic E-state index is 0.0907. The Balaban J connectivity index is 1.25. The Hall–Kier alpha value is -2.37. The van der Waals surface area contributed by atoms with Gasteiger partial charge in [0.2, 0.25) is 5.91 Å². The van der Waals surface area contributed by atoms with Crippen LogP contribution in [0.15, 0.2) is 54.6 Å². The van der Waals surface area contributed by atoms with Gasteiger partial charge in [-0.05, 0) is 87.1 Å². The molecule has 1 saturated heterocycles. The van der Waals surface area contributed by atoms with Gasteiger partial charge in [0.1, 0.15) is 5.75 Å². The van der Waals surface area contributed by atoms with Crippen molar-refractivity contribution in [3.05, 3.63) is 65.7 Å². The van der Waals surface area contributed by atoms with E-state index >= 15 is 0 Å². The van der Waals surface area contributed by atoms with Crippen molar-refractivity contribution in [2.75, 3.05) is 33.8 Å². The van der Waals surface area contributed by atoms with E-state index in [1.54, 1.807) is 6.07 Å². The predicted molar refractivity (Wildman–Crippen MR) is 152 cm³/mol. The van der Waals surface area contributed by atoms with Crippen LogP contribution in [-0.2, 0) is 21.4 Å². The number of carbonyl (C=O) groups excluding carboxylic acids is 1. The number of unbranched alkanes of at least 4 members (excludes halogenated alkanes) is 2. The largest absolute Gasteiger partial charge is 0.508 e. The van der Waals surface area contributed by atoms with Crippen LogP contribution in [0.3, 0.4) is 0 Å². The average Bonchev–Trinajstić information content (AvgIpc) is 3.76. The molecule has 5 heteroatoms. The van der Waals surface area contributed by atoms with Crippen LogP contribution in [0.4, 0.5) is 0 Å². The number of piperidine rings is 1. The second kappa shape index (κ2) is 12.2. The van der Waals surface area contributed by atoms with Crippen LogP contribution in [0.2, 0.25) is 0 Å². The van der Waals surface area contributed by atoms with Gasteiger partial charge in [-0.25, -0.2) is 0 Å². The van der Waals surface area contributed by atoms with Crippen molar-refractivity contribution in [3.63, 3.8) is 0 Å². The number of phenols is 1. The van der Waals surface area contributed by atoms with Crippen molar-refractivity contribution in [2.24, 2.45) is 11.8 Å². The van der Waals surface area contributed by atoms with Crippen molar-refractivity contribution >= 4 is 5.91 Å². The van der Waals surface area contributed by atoms with Crippen LogP contribution in [-0.4, -0.2) is 66.8 Å². The summed E-state index contributed by atoms with van der Waals surface area (Å²) in [6, 6.07) is 18.6. The molecule has 4 atom stereocenters. The summed E-state index contributed by atoms with van der Waals surface area (Å²) in [5.74, 6) is 1.81. The first-order valence-corrected chi connectivity index (χ1v) is 14.8. The van der Waals surface area contributed by atoms with E-state index in [1.807, 2.05) is 31.2 Å². The fourth-order valence-corrected chi connectivity index (χ4v) is 7.24. The van der Waals surface area contributed by atoms with Crippen molar-refractivity contribution in [1.29, 1.82) is 0 Å². The summed E-state index contributed by atoms with van der Waals surface area (Å²) in [5.41, 5.74) is 2.49. The molecule has 2 aliphatic carbocycles. The normalized spacial score (nSPS) is 27.6. The van der Waals surface area contributed by atoms with E-state index in [1.165, 1.54) is 30.5 Å². The number of aromatic hydroxyl groups is 1. The molecule has 3 aliphatic rings. The average molecular weight is 519 g/mol. The molecule has 0 aromatic heterocycles. The molecule has 1 unspecified atom stereocenters. The zero-order valence-corrected chi connectivity index (χ0v) is 23.4. The molecule has 5 rings (SSSR count). The molecule has 206 valence electrons. The highest BCUT2D eigenvalue weighted by Gasteiger charge is 2.53. The third kappa shape index (κ3) is 6.26. The van der Waals surface area contributed by atoms with Crippen LogP contribution in [0, 0.1) is 11.8 Å². The minimum atomic E-state index is -0.0907. The van der Waals surface area contributed by atoms with Gasteiger partial charge < -0.3 is 19.6 Å². The third-order valence-electron chi connectivity index (χ3n) is 9.67. The number of hydrogen-bond acceptors (Lipinski definition) is 4. The summed E-state index contributed by atoms with van der Waals surface area (Å²) in [6.07, 6.45) is 10.5. The molecule has 5 nitrogen and oxygen atoms in total. The van der Waals surface area contributed by atoms with E-state index in [9.17, 15) is 9.90 Å². The smallest absolute Gasteiger partial charge is 0.222 e. The molecular formula is C33H46N2O3. The molecular weight excluding hydrogens is 472 g/mol. The fourth-order valence-electron chi connectivity index (χ4n) is 7.24. The van der Waals surface area contributed by atoms with Crippen LogP contribution < -0.4 is 0 Å². The maximum absolute atomic E-state index is 13.3. The van der Waals surface area contributed by atoms with E-state index in [4.69, 9.17) is 4.74 Å². The van der Waals surface area contributed by atoms with Crippen LogP contribution >= 0.6 is 0 Å². The second-order valence-corrected chi connectivity index (χ2v) is 12.2. The number of benzene rings is 2. The molecule has 3 fully saturated rings. The Labute approximate surface area is 229 Å². The molecule has 0 spiro atoms. The maximum Gasteiger partial charge on any atom is 0.222 e. The van der Waals surface area contributed by atoms with Crippen molar-refractivity contribution < 1.29 is 14.6 Å². The van der Waals surface area contributed by atoms with Gasteiger partial charge in [0.25, 0.3) is 0 Å². The van der Waals surface area contributed by atoms with Gasteiger partial charge in [-0.15, -0.1) is 0 Å². The Bertz CT molecular complexity index is 1060. The highest BCUT2D eigenvalue weighted by molar-refractivity contribution is 5.76. The predicted octanol–water partition coefficient (Wildman–Crippen LogP) is 5.80. The van der Waals surface area contributed by atoms with Crippen LogP contribution in [0.1, 0.15) is 68.9 Å². The standard InChI is InChI=1S/C33H46N2O3/c1-34(32(37)15-8-4-7-12-25-10-5-3-6-11-25)28-21-31(38-2)30-24-35(23-26-16-17-26)19-18-33(30,22-28)27-13-9-14-29(36)20-27/h3,5-6,9-11,13-14,20,26,28,30-31,36H,4,7-8,12,15-19,21-24H2,1-2H3/t28-,30-,31?,33-/m0/s1. The van der Waals surface area contributed by atoms with Crippen molar-refractivity contribution in [2.45, 2.75) is 81.8 Å². The van der Waals surface area contributed by atoms with Gasteiger partial charge in [-0.1, -0.05) is 48.9 Å². The SMILES string of the molecule is COC1C[C@H](N(C)C(=O)CCCCCc2ccccc2)C[C@]2(c3cccc(O)c3)CCN(CC3CC3)C[C@@H]12. The van der Waals surface area contributed by atoms with E-state index in [0.717, 1.165) is 64.0 Å². The van der Waals surface area contributed by atoms with Gasteiger partial charge >= 0.3 is 0 Å². The first kappa shape index (κ1) is 27.2. The number of nitrogens with zero attached hydrogens (tertiary/aromatic N) is 2. The quantitative estimate of drug-likeness (QED) is 0.382. The lowest BCUT2D eigenvalue weighted by Gasteiger charge is -2.56. The number of likely N-dealkylation sites (tertiary alicyclic amines) is 1. The number of hydrogen-bond donors (Lipinski definition) is 1. The second-order valence-electron chi connectivity index (χ2n) is 12.2. The topological polar surface area (TPSA) is 53.0 Å². The first-order chi connectivity index (χ1) is 18.5. The monoisotopic (exact) mass is 518 g/mol. The molecule has 38 heavy (non-hydrogen) atoms. The number of aryl methyl sites for hydroxylation is 1. The Kier molecular flexibility index (Phi) is 8.74. The summed E-state index contributed by atoms with van der Waals surface area (Å²) in [6.45, 7) is 3.32. The molecule has 2 aromatic carbocycles. The number of amides is 1. The number of ether oxygens (including phenoxy) is 1. The lowest BCUT2D eigenvalue weighted by atomic mass is 9.56.